The first-order chi connectivity index (χ1) is 8.00. The summed E-state index contributed by atoms with van der Waals surface area (Å²) < 4.78 is 0. The van der Waals surface area contributed by atoms with Crippen LogP contribution in [-0.4, -0.2) is 61.5 Å². The van der Waals surface area contributed by atoms with E-state index >= 15 is 0 Å². The fourth-order valence-corrected chi connectivity index (χ4v) is 2.39. The summed E-state index contributed by atoms with van der Waals surface area (Å²) in [4.78, 5) is 16.3. The molecule has 1 aliphatic rings. The largest absolute Gasteiger partial charge is 0.338 e. The summed E-state index contributed by atoms with van der Waals surface area (Å²) in [5.41, 5.74) is 0. The molecule has 0 saturated carbocycles. The summed E-state index contributed by atoms with van der Waals surface area (Å²) in [6, 6.07) is 0.885. The van der Waals surface area contributed by atoms with Crippen LogP contribution in [0.15, 0.2) is 0 Å². The molecule has 0 radical (unpaired) electrons. The third kappa shape index (κ3) is 5.04. The second-order valence-electron chi connectivity index (χ2n) is 5.50. The Kier molecular flexibility index (Phi) is 5.92. The van der Waals surface area contributed by atoms with Crippen LogP contribution in [0.3, 0.4) is 0 Å². The zero-order chi connectivity index (χ0) is 12.8. The molecule has 1 aliphatic heterocycles. The van der Waals surface area contributed by atoms with Gasteiger partial charge in [0.25, 0.3) is 0 Å². The average molecular weight is 241 g/mol. The van der Waals surface area contributed by atoms with E-state index in [1.807, 2.05) is 0 Å². The number of carbonyl (C=O) groups excluding carboxylic acids is 1. The molecule has 0 spiro atoms. The summed E-state index contributed by atoms with van der Waals surface area (Å²) >= 11 is 0. The van der Waals surface area contributed by atoms with Gasteiger partial charge in [0.15, 0.2) is 0 Å². The predicted octanol–water partition coefficient (Wildman–Crippen LogP) is 0.927. The summed E-state index contributed by atoms with van der Waals surface area (Å²) in [5.74, 6) is 0.308. The molecule has 1 amide bonds. The molecule has 1 rings (SSSR count). The molecule has 0 aromatic heterocycles. The average Bonchev–Trinajstić information content (AvgIpc) is 2.64. The fourth-order valence-electron chi connectivity index (χ4n) is 2.39. The van der Waals surface area contributed by atoms with Crippen molar-refractivity contribution in [1.29, 1.82) is 0 Å². The molecule has 1 N–H and O–H groups in total. The Hall–Kier alpha value is -0.610. The zero-order valence-electron chi connectivity index (χ0n) is 11.7. The lowest BCUT2D eigenvalue weighted by atomic mass is 10.2. The van der Waals surface area contributed by atoms with Crippen molar-refractivity contribution in [3.8, 4) is 0 Å². The number of nitrogens with one attached hydrogen (secondary N) is 1. The fraction of sp³-hybridized carbons (Fsp3) is 0.923. The molecule has 1 atom stereocenters. The van der Waals surface area contributed by atoms with Crippen molar-refractivity contribution in [2.24, 2.45) is 0 Å². The van der Waals surface area contributed by atoms with E-state index < -0.39 is 0 Å². The number of likely N-dealkylation sites (N-methyl/N-ethyl adjacent to an activating group) is 1. The van der Waals surface area contributed by atoms with Gasteiger partial charge in [-0.25, -0.2) is 0 Å². The minimum absolute atomic E-state index is 0.308. The Morgan fingerprint density at radius 1 is 1.47 bits per heavy atom. The van der Waals surface area contributed by atoms with Crippen molar-refractivity contribution < 1.29 is 4.79 Å². The first kappa shape index (κ1) is 14.5. The Labute approximate surface area is 105 Å². The normalized spacial score (nSPS) is 20.6. The van der Waals surface area contributed by atoms with E-state index in [1.54, 1.807) is 0 Å². The molecule has 100 valence electrons. The number of likely N-dealkylation sites (tertiary alicyclic amines) is 1. The smallest absolute Gasteiger partial charge is 0.224 e. The quantitative estimate of drug-likeness (QED) is 0.751. The summed E-state index contributed by atoms with van der Waals surface area (Å²) in [5, 5.41) is 3.30. The van der Waals surface area contributed by atoms with Gasteiger partial charge >= 0.3 is 0 Å². The van der Waals surface area contributed by atoms with Crippen LogP contribution >= 0.6 is 0 Å². The van der Waals surface area contributed by atoms with E-state index in [2.05, 4.69) is 43.1 Å². The summed E-state index contributed by atoms with van der Waals surface area (Å²) in [6.07, 6.45) is 2.94. The Bertz CT molecular complexity index is 241. The molecule has 1 heterocycles. The molecule has 4 nitrogen and oxygen atoms in total. The van der Waals surface area contributed by atoms with Gasteiger partial charge in [0.2, 0.25) is 5.91 Å². The van der Waals surface area contributed by atoms with E-state index in [4.69, 9.17) is 0 Å². The first-order valence-electron chi connectivity index (χ1n) is 6.68. The van der Waals surface area contributed by atoms with Gasteiger partial charge in [-0.2, -0.15) is 0 Å². The van der Waals surface area contributed by atoms with E-state index in [0.29, 0.717) is 24.4 Å². The number of carbonyl (C=O) groups is 1. The number of rotatable bonds is 6. The number of amides is 1. The number of hydrogen-bond donors (Lipinski definition) is 1. The van der Waals surface area contributed by atoms with Crippen molar-refractivity contribution in [2.75, 3.05) is 33.7 Å². The molecule has 1 unspecified atom stereocenters. The molecule has 0 aromatic rings. The minimum atomic E-state index is 0.308. The van der Waals surface area contributed by atoms with Crippen LogP contribution < -0.4 is 5.32 Å². The molecule has 4 heteroatoms. The summed E-state index contributed by atoms with van der Waals surface area (Å²) in [6.45, 7) is 6.94. The van der Waals surface area contributed by atoms with Crippen LogP contribution in [0.4, 0.5) is 0 Å². The Balaban J connectivity index is 2.34. The second kappa shape index (κ2) is 6.97. The first-order valence-corrected chi connectivity index (χ1v) is 6.68. The van der Waals surface area contributed by atoms with Crippen molar-refractivity contribution in [1.82, 2.24) is 15.1 Å². The van der Waals surface area contributed by atoms with Crippen LogP contribution in [0.25, 0.3) is 0 Å². The van der Waals surface area contributed by atoms with Crippen molar-refractivity contribution in [2.45, 2.75) is 45.2 Å². The highest BCUT2D eigenvalue weighted by atomic mass is 16.2. The third-order valence-corrected chi connectivity index (χ3v) is 3.16. The predicted molar refractivity (Wildman–Crippen MR) is 71.0 cm³/mol. The highest BCUT2D eigenvalue weighted by molar-refractivity contribution is 5.77. The lowest BCUT2D eigenvalue weighted by molar-refractivity contribution is -0.132. The molecule has 1 fully saturated rings. The number of hydrogen-bond acceptors (Lipinski definition) is 3. The summed E-state index contributed by atoms with van der Waals surface area (Å²) in [7, 11) is 4.14. The van der Waals surface area contributed by atoms with E-state index in [-0.39, 0.29) is 0 Å². The molecule has 1 saturated heterocycles. The van der Waals surface area contributed by atoms with Gasteiger partial charge in [-0.15, -0.1) is 0 Å². The Morgan fingerprint density at radius 3 is 2.76 bits per heavy atom. The van der Waals surface area contributed by atoms with Crippen LogP contribution in [0.5, 0.6) is 0 Å². The third-order valence-electron chi connectivity index (χ3n) is 3.16. The van der Waals surface area contributed by atoms with Crippen molar-refractivity contribution >= 4 is 5.91 Å². The SMILES string of the molecule is CC(C)NCCC(=O)N1CCCC1CN(C)C. The van der Waals surface area contributed by atoms with Gasteiger partial charge in [-0.1, -0.05) is 13.8 Å². The van der Waals surface area contributed by atoms with Gasteiger partial charge in [0, 0.05) is 38.1 Å². The maximum atomic E-state index is 12.1. The lowest BCUT2D eigenvalue weighted by Gasteiger charge is -2.27. The van der Waals surface area contributed by atoms with Crippen LogP contribution in [0.1, 0.15) is 33.1 Å². The Morgan fingerprint density at radius 2 is 2.18 bits per heavy atom. The maximum absolute atomic E-state index is 12.1. The van der Waals surface area contributed by atoms with Crippen LogP contribution in [0.2, 0.25) is 0 Å². The van der Waals surface area contributed by atoms with Crippen molar-refractivity contribution in [3.63, 3.8) is 0 Å². The maximum Gasteiger partial charge on any atom is 0.224 e. The molecular weight excluding hydrogens is 214 g/mol. The van der Waals surface area contributed by atoms with Gasteiger partial charge in [-0.3, -0.25) is 4.79 Å². The van der Waals surface area contributed by atoms with Crippen LogP contribution in [0, 0.1) is 0 Å². The topological polar surface area (TPSA) is 35.6 Å². The molecule has 0 aliphatic carbocycles. The molecule has 17 heavy (non-hydrogen) atoms. The molecular formula is C13H27N3O. The monoisotopic (exact) mass is 241 g/mol. The standard InChI is InChI=1S/C13H27N3O/c1-11(2)14-8-7-13(17)16-9-5-6-12(16)10-15(3)4/h11-12,14H,5-10H2,1-4H3. The van der Waals surface area contributed by atoms with Gasteiger partial charge < -0.3 is 15.1 Å². The van der Waals surface area contributed by atoms with E-state index in [0.717, 1.165) is 32.5 Å². The van der Waals surface area contributed by atoms with E-state index in [1.165, 1.54) is 0 Å². The zero-order valence-corrected chi connectivity index (χ0v) is 11.7. The molecule has 0 bridgehead atoms. The van der Waals surface area contributed by atoms with Crippen molar-refractivity contribution in [3.05, 3.63) is 0 Å². The van der Waals surface area contributed by atoms with Gasteiger partial charge in [0.05, 0.1) is 0 Å². The minimum Gasteiger partial charge on any atom is -0.338 e. The molecule has 0 aromatic carbocycles. The van der Waals surface area contributed by atoms with Gasteiger partial charge in [-0.05, 0) is 26.9 Å². The van der Waals surface area contributed by atoms with E-state index in [9.17, 15) is 4.79 Å². The highest BCUT2D eigenvalue weighted by Gasteiger charge is 2.28. The van der Waals surface area contributed by atoms with Crippen LogP contribution in [-0.2, 0) is 4.79 Å². The van der Waals surface area contributed by atoms with Gasteiger partial charge in [0.1, 0.15) is 0 Å². The second-order valence-corrected chi connectivity index (χ2v) is 5.50. The highest BCUT2D eigenvalue weighted by Crippen LogP contribution is 2.18. The number of nitrogens with zero attached hydrogens (tertiary/aromatic N) is 2. The lowest BCUT2D eigenvalue weighted by Crippen LogP contribution is -2.42.